The third-order valence-corrected chi connectivity index (χ3v) is 8.27. The lowest BCUT2D eigenvalue weighted by Crippen LogP contribution is -2.00. The Balaban J connectivity index is 1.31. The number of allylic oxidation sites excluding steroid dienone is 3. The number of benzene rings is 6. The minimum absolute atomic E-state index is 0.607. The summed E-state index contributed by atoms with van der Waals surface area (Å²) < 4.78 is 6.64. The van der Waals surface area contributed by atoms with Crippen LogP contribution in [0.15, 0.2) is 156 Å². The van der Waals surface area contributed by atoms with Crippen LogP contribution >= 0.6 is 0 Å². The summed E-state index contributed by atoms with van der Waals surface area (Å²) in [5.41, 5.74) is 7.75. The maximum Gasteiger partial charge on any atom is 0.164 e. The van der Waals surface area contributed by atoms with Crippen LogP contribution in [0.5, 0.6) is 0 Å². The first kappa shape index (κ1) is 27.4. The van der Waals surface area contributed by atoms with Crippen molar-refractivity contribution in [3.05, 3.63) is 157 Å². The lowest BCUT2D eigenvalue weighted by atomic mass is 9.96. The van der Waals surface area contributed by atoms with E-state index in [2.05, 4.69) is 72.8 Å². The Morgan fingerprint density at radius 1 is 0.522 bits per heavy atom. The fourth-order valence-corrected chi connectivity index (χ4v) is 6.08. The maximum atomic E-state index is 6.64. The second-order valence-corrected chi connectivity index (χ2v) is 11.2. The van der Waals surface area contributed by atoms with Crippen molar-refractivity contribution in [3.8, 4) is 45.3 Å². The molecular weight excluding hydrogens is 562 g/mol. The monoisotopic (exact) mass is 591 g/mol. The zero-order valence-corrected chi connectivity index (χ0v) is 25.3. The summed E-state index contributed by atoms with van der Waals surface area (Å²) in [7, 11) is 0. The van der Waals surface area contributed by atoms with Gasteiger partial charge in [-0.3, -0.25) is 0 Å². The number of rotatable bonds is 6. The normalized spacial score (nSPS) is 11.8. The summed E-state index contributed by atoms with van der Waals surface area (Å²) in [6.07, 6.45) is 8.31. The van der Waals surface area contributed by atoms with Gasteiger partial charge in [0, 0.05) is 33.0 Å². The van der Waals surface area contributed by atoms with Crippen LogP contribution in [0, 0.1) is 0 Å². The van der Waals surface area contributed by atoms with Crippen LogP contribution in [0.3, 0.4) is 0 Å². The van der Waals surface area contributed by atoms with Crippen molar-refractivity contribution in [1.82, 2.24) is 15.0 Å². The summed E-state index contributed by atoms with van der Waals surface area (Å²) in [5, 5.41) is 4.40. The largest absolute Gasteiger partial charge is 0.455 e. The van der Waals surface area contributed by atoms with Gasteiger partial charge in [-0.2, -0.15) is 0 Å². The fraction of sp³-hybridized carbons (Fsp3) is 0.0238. The molecule has 0 bridgehead atoms. The molecule has 0 radical (unpaired) electrons. The van der Waals surface area contributed by atoms with Gasteiger partial charge in [0.05, 0.1) is 0 Å². The van der Waals surface area contributed by atoms with E-state index >= 15 is 0 Å². The predicted octanol–water partition coefficient (Wildman–Crippen LogP) is 11.2. The van der Waals surface area contributed by atoms with Crippen LogP contribution < -0.4 is 0 Å². The van der Waals surface area contributed by atoms with E-state index < -0.39 is 0 Å². The van der Waals surface area contributed by atoms with Gasteiger partial charge in [-0.05, 0) is 41.0 Å². The molecule has 0 aliphatic carbocycles. The van der Waals surface area contributed by atoms with Crippen molar-refractivity contribution in [3.63, 3.8) is 0 Å². The molecule has 0 spiro atoms. The highest BCUT2D eigenvalue weighted by molar-refractivity contribution is 6.15. The highest BCUT2D eigenvalue weighted by Gasteiger charge is 2.19. The van der Waals surface area contributed by atoms with Crippen LogP contribution in [-0.2, 0) is 0 Å². The summed E-state index contributed by atoms with van der Waals surface area (Å²) in [5.74, 6) is 1.87. The van der Waals surface area contributed by atoms with E-state index in [1.165, 1.54) is 16.3 Å². The van der Waals surface area contributed by atoms with Crippen LogP contribution in [0.1, 0.15) is 12.5 Å². The highest BCUT2D eigenvalue weighted by Crippen LogP contribution is 2.41. The molecule has 8 rings (SSSR count). The molecular formula is C42H29N3O. The van der Waals surface area contributed by atoms with E-state index in [4.69, 9.17) is 19.4 Å². The lowest BCUT2D eigenvalue weighted by Gasteiger charge is -2.09. The molecule has 0 aliphatic rings. The molecule has 0 saturated carbocycles. The predicted molar refractivity (Wildman–Crippen MR) is 190 cm³/mol. The lowest BCUT2D eigenvalue weighted by molar-refractivity contribution is 0.670. The van der Waals surface area contributed by atoms with Crippen LogP contribution in [-0.4, -0.2) is 15.0 Å². The average molecular weight is 592 g/mol. The number of aromatic nitrogens is 3. The third-order valence-electron chi connectivity index (χ3n) is 8.27. The van der Waals surface area contributed by atoms with Gasteiger partial charge >= 0.3 is 0 Å². The summed E-state index contributed by atoms with van der Waals surface area (Å²) in [6.45, 7) is 2.02. The van der Waals surface area contributed by atoms with Crippen molar-refractivity contribution in [1.29, 1.82) is 0 Å². The third kappa shape index (κ3) is 4.96. The molecule has 0 fully saturated rings. The second-order valence-electron chi connectivity index (χ2n) is 11.2. The van der Waals surface area contributed by atoms with E-state index in [1.54, 1.807) is 0 Å². The SMILES string of the molecule is C/C=C\C=C/c1cccc2cc(-c3cccc4c3oc3cccc(-c5nc(-c6ccccc6)nc(-c6ccccc6)n5)c34)ccc12. The Morgan fingerprint density at radius 2 is 1.20 bits per heavy atom. The number of hydrogen-bond acceptors (Lipinski definition) is 4. The van der Waals surface area contributed by atoms with E-state index in [0.717, 1.165) is 49.8 Å². The molecule has 6 aromatic carbocycles. The minimum atomic E-state index is 0.607. The maximum absolute atomic E-state index is 6.64. The number of furan rings is 1. The average Bonchev–Trinajstić information content (AvgIpc) is 3.51. The van der Waals surface area contributed by atoms with Gasteiger partial charge in [-0.1, -0.05) is 146 Å². The topological polar surface area (TPSA) is 51.8 Å². The Labute approximate surface area is 267 Å². The molecule has 0 saturated heterocycles. The van der Waals surface area contributed by atoms with Crippen molar-refractivity contribution in [2.45, 2.75) is 6.92 Å². The van der Waals surface area contributed by atoms with Crippen LogP contribution in [0.4, 0.5) is 0 Å². The van der Waals surface area contributed by atoms with Gasteiger partial charge in [0.25, 0.3) is 0 Å². The van der Waals surface area contributed by atoms with E-state index in [0.29, 0.717) is 17.5 Å². The summed E-state index contributed by atoms with van der Waals surface area (Å²) in [6, 6.07) is 45.6. The van der Waals surface area contributed by atoms with Gasteiger partial charge in [0.15, 0.2) is 17.5 Å². The minimum Gasteiger partial charge on any atom is -0.455 e. The molecule has 8 aromatic rings. The molecule has 2 heterocycles. The zero-order chi connectivity index (χ0) is 30.9. The molecule has 4 nitrogen and oxygen atoms in total. The Bertz CT molecular complexity index is 2360. The molecule has 0 atom stereocenters. The number of fused-ring (bicyclic) bond motifs is 4. The smallest absolute Gasteiger partial charge is 0.164 e. The quantitative estimate of drug-likeness (QED) is 0.181. The molecule has 0 amide bonds. The van der Waals surface area contributed by atoms with Crippen molar-refractivity contribution >= 4 is 38.8 Å². The molecule has 0 N–H and O–H groups in total. The van der Waals surface area contributed by atoms with Gasteiger partial charge in [0.2, 0.25) is 0 Å². The number of nitrogens with zero attached hydrogens (tertiary/aromatic N) is 3. The molecule has 218 valence electrons. The van der Waals surface area contributed by atoms with Crippen LogP contribution in [0.25, 0.3) is 84.1 Å². The molecule has 0 unspecified atom stereocenters. The van der Waals surface area contributed by atoms with Crippen molar-refractivity contribution < 1.29 is 4.42 Å². The molecule has 4 heteroatoms. The Hall–Kier alpha value is -6.13. The number of para-hydroxylation sites is 1. The second kappa shape index (κ2) is 11.8. The number of hydrogen-bond donors (Lipinski definition) is 0. The summed E-state index contributed by atoms with van der Waals surface area (Å²) >= 11 is 0. The fourth-order valence-electron chi connectivity index (χ4n) is 6.08. The van der Waals surface area contributed by atoms with Crippen LogP contribution in [0.2, 0.25) is 0 Å². The first-order valence-electron chi connectivity index (χ1n) is 15.4. The standard InChI is InChI=1S/C42H29N3O/c1-2-3-6-14-28-19-11-20-31-27-32(25-26-33(28)31)34-21-12-22-35-38-36(23-13-24-37(38)46-39(34)35)42-44-40(29-15-7-4-8-16-29)43-41(45-42)30-17-9-5-10-18-30/h2-27H,1H3/b3-2-,14-6-. The van der Waals surface area contributed by atoms with Gasteiger partial charge < -0.3 is 4.42 Å². The molecule has 2 aromatic heterocycles. The first-order chi connectivity index (χ1) is 22.8. The van der Waals surface area contributed by atoms with E-state index in [1.807, 2.05) is 91.9 Å². The zero-order valence-electron chi connectivity index (χ0n) is 25.3. The Kier molecular flexibility index (Phi) is 7.01. The Morgan fingerprint density at radius 3 is 1.93 bits per heavy atom. The summed E-state index contributed by atoms with van der Waals surface area (Å²) in [4.78, 5) is 14.9. The first-order valence-corrected chi connectivity index (χ1v) is 15.4. The van der Waals surface area contributed by atoms with Gasteiger partial charge in [-0.15, -0.1) is 0 Å². The van der Waals surface area contributed by atoms with Gasteiger partial charge in [-0.25, -0.2) is 15.0 Å². The molecule has 46 heavy (non-hydrogen) atoms. The highest BCUT2D eigenvalue weighted by atomic mass is 16.3. The van der Waals surface area contributed by atoms with E-state index in [-0.39, 0.29) is 0 Å². The van der Waals surface area contributed by atoms with E-state index in [9.17, 15) is 0 Å². The molecule has 0 aliphatic heterocycles. The van der Waals surface area contributed by atoms with Gasteiger partial charge in [0.1, 0.15) is 11.2 Å². The van der Waals surface area contributed by atoms with Crippen molar-refractivity contribution in [2.24, 2.45) is 0 Å². The van der Waals surface area contributed by atoms with Crippen molar-refractivity contribution in [2.75, 3.05) is 0 Å².